The maximum Gasteiger partial charge on any atom is 0.131 e. The first-order valence-corrected chi connectivity index (χ1v) is 5.70. The molecule has 0 bridgehead atoms. The minimum atomic E-state index is -0.160. The van der Waals surface area contributed by atoms with E-state index >= 15 is 0 Å². The largest absolute Gasteiger partial charge is 0.206 e. The Hall–Kier alpha value is -1.46. The molecule has 1 atom stereocenters. The summed E-state index contributed by atoms with van der Waals surface area (Å²) >= 11 is 0. The Labute approximate surface area is 95.3 Å². The Bertz CT molecular complexity index is 632. The number of rotatable bonds is 0. The highest BCUT2D eigenvalue weighted by Crippen LogP contribution is 2.24. The van der Waals surface area contributed by atoms with Gasteiger partial charge in [0.2, 0.25) is 0 Å². The lowest BCUT2D eigenvalue weighted by atomic mass is 10.0. The molecule has 3 rings (SSSR count). The topological polar surface area (TPSA) is 0 Å². The van der Waals surface area contributed by atoms with E-state index in [2.05, 4.69) is 9.24 Å². The second-order valence-corrected chi connectivity index (χ2v) is 4.50. The molecule has 0 saturated heterocycles. The Morgan fingerprint density at radius 3 is 2.31 bits per heavy atom. The summed E-state index contributed by atoms with van der Waals surface area (Å²) in [6.45, 7) is 0. The maximum atomic E-state index is 13.6. The van der Waals surface area contributed by atoms with Crippen LogP contribution in [0.4, 0.5) is 4.39 Å². The van der Waals surface area contributed by atoms with Gasteiger partial charge in [0.25, 0.3) is 0 Å². The average Bonchev–Trinajstić information content (AvgIpc) is 2.28. The van der Waals surface area contributed by atoms with E-state index in [1.54, 1.807) is 6.07 Å². The van der Waals surface area contributed by atoms with Crippen molar-refractivity contribution in [2.45, 2.75) is 0 Å². The summed E-state index contributed by atoms with van der Waals surface area (Å²) in [5.41, 5.74) is 0. The van der Waals surface area contributed by atoms with Crippen LogP contribution in [0.1, 0.15) is 0 Å². The summed E-state index contributed by atoms with van der Waals surface area (Å²) in [5, 5.41) is 4.96. The molecule has 0 radical (unpaired) electrons. The van der Waals surface area contributed by atoms with E-state index in [9.17, 15) is 4.39 Å². The Balaban J connectivity index is 2.55. The molecule has 0 heterocycles. The van der Waals surface area contributed by atoms with Crippen molar-refractivity contribution >= 4 is 36.1 Å². The van der Waals surface area contributed by atoms with Crippen molar-refractivity contribution in [3.8, 4) is 0 Å². The van der Waals surface area contributed by atoms with Crippen molar-refractivity contribution in [2.24, 2.45) is 0 Å². The fourth-order valence-corrected chi connectivity index (χ4v) is 2.40. The summed E-state index contributed by atoms with van der Waals surface area (Å²) < 4.78 is 13.6. The van der Waals surface area contributed by atoms with Crippen LogP contribution in [-0.2, 0) is 0 Å². The van der Waals surface area contributed by atoms with Crippen LogP contribution in [0.3, 0.4) is 0 Å². The van der Waals surface area contributed by atoms with E-state index < -0.39 is 0 Å². The standard InChI is InChI=1S/C14H10FP/c15-13-5-1-3-9-7-10-4-2-6-14(16)12(10)8-11(9)13/h1-8H,16H2. The zero-order chi connectivity index (χ0) is 11.1. The Morgan fingerprint density at radius 2 is 1.50 bits per heavy atom. The summed E-state index contributed by atoms with van der Waals surface area (Å²) in [4.78, 5) is 0. The fourth-order valence-electron chi connectivity index (χ4n) is 2.04. The van der Waals surface area contributed by atoms with E-state index in [0.717, 1.165) is 21.5 Å². The molecule has 0 aromatic heterocycles. The third kappa shape index (κ3) is 1.40. The Kier molecular flexibility index (Phi) is 2.15. The van der Waals surface area contributed by atoms with E-state index in [1.165, 1.54) is 6.07 Å². The van der Waals surface area contributed by atoms with Gasteiger partial charge < -0.3 is 0 Å². The smallest absolute Gasteiger partial charge is 0.131 e. The zero-order valence-electron chi connectivity index (χ0n) is 8.57. The van der Waals surface area contributed by atoms with Gasteiger partial charge in [0, 0.05) is 5.39 Å². The lowest BCUT2D eigenvalue weighted by Gasteiger charge is -2.05. The SMILES string of the molecule is Fc1cccc2cc3cccc(P)c3cc12. The number of fused-ring (bicyclic) bond motifs is 2. The van der Waals surface area contributed by atoms with Crippen molar-refractivity contribution in [1.29, 1.82) is 0 Å². The third-order valence-electron chi connectivity index (χ3n) is 2.86. The van der Waals surface area contributed by atoms with Crippen molar-refractivity contribution in [3.05, 3.63) is 54.3 Å². The van der Waals surface area contributed by atoms with Crippen LogP contribution in [-0.4, -0.2) is 0 Å². The summed E-state index contributed by atoms with van der Waals surface area (Å²) in [7, 11) is 2.69. The molecule has 0 saturated carbocycles. The van der Waals surface area contributed by atoms with Gasteiger partial charge in [-0.1, -0.05) is 30.3 Å². The van der Waals surface area contributed by atoms with E-state index in [4.69, 9.17) is 0 Å². The van der Waals surface area contributed by atoms with Gasteiger partial charge in [-0.05, 0) is 39.7 Å². The molecule has 0 amide bonds. The minimum absolute atomic E-state index is 0.160. The van der Waals surface area contributed by atoms with Crippen LogP contribution < -0.4 is 5.30 Å². The van der Waals surface area contributed by atoms with Crippen molar-refractivity contribution in [3.63, 3.8) is 0 Å². The average molecular weight is 228 g/mol. The van der Waals surface area contributed by atoms with Gasteiger partial charge in [-0.2, -0.15) is 0 Å². The van der Waals surface area contributed by atoms with Crippen LogP contribution in [0.25, 0.3) is 21.5 Å². The van der Waals surface area contributed by atoms with Crippen molar-refractivity contribution in [1.82, 2.24) is 0 Å². The highest BCUT2D eigenvalue weighted by atomic mass is 31.0. The van der Waals surface area contributed by atoms with E-state index in [1.807, 2.05) is 36.4 Å². The molecule has 0 aliphatic rings. The number of hydrogen-bond acceptors (Lipinski definition) is 0. The van der Waals surface area contributed by atoms with Crippen LogP contribution in [0.15, 0.2) is 48.5 Å². The van der Waals surface area contributed by atoms with Gasteiger partial charge >= 0.3 is 0 Å². The number of hydrogen-bond donors (Lipinski definition) is 0. The molecular weight excluding hydrogens is 218 g/mol. The monoisotopic (exact) mass is 228 g/mol. The molecule has 2 heteroatoms. The lowest BCUT2D eigenvalue weighted by Crippen LogP contribution is -1.92. The van der Waals surface area contributed by atoms with Crippen LogP contribution >= 0.6 is 9.24 Å². The molecule has 0 nitrogen and oxygen atoms in total. The normalized spacial score (nSPS) is 11.1. The maximum absolute atomic E-state index is 13.6. The predicted molar refractivity (Wildman–Crippen MR) is 70.8 cm³/mol. The van der Waals surface area contributed by atoms with E-state index in [-0.39, 0.29) is 5.82 Å². The molecule has 0 fully saturated rings. The molecular formula is C14H10FP. The summed E-state index contributed by atoms with van der Waals surface area (Å²) in [6.07, 6.45) is 0. The van der Waals surface area contributed by atoms with Gasteiger partial charge in [-0.15, -0.1) is 9.24 Å². The van der Waals surface area contributed by atoms with Gasteiger partial charge in [0.05, 0.1) is 0 Å². The first-order chi connectivity index (χ1) is 7.75. The molecule has 16 heavy (non-hydrogen) atoms. The highest BCUT2D eigenvalue weighted by molar-refractivity contribution is 7.28. The molecule has 3 aromatic carbocycles. The molecule has 1 unspecified atom stereocenters. The predicted octanol–water partition coefficient (Wildman–Crippen LogP) is 3.63. The molecule has 3 aromatic rings. The molecule has 0 spiro atoms. The molecule has 0 N–H and O–H groups in total. The number of halogens is 1. The van der Waals surface area contributed by atoms with Crippen LogP contribution in [0.2, 0.25) is 0 Å². The second-order valence-electron chi connectivity index (χ2n) is 3.88. The van der Waals surface area contributed by atoms with Gasteiger partial charge in [-0.3, -0.25) is 0 Å². The van der Waals surface area contributed by atoms with Gasteiger partial charge in [-0.25, -0.2) is 4.39 Å². The molecule has 78 valence electrons. The summed E-state index contributed by atoms with van der Waals surface area (Å²) in [6, 6.07) is 15.2. The molecule has 0 aliphatic heterocycles. The second kappa shape index (κ2) is 3.54. The van der Waals surface area contributed by atoms with Crippen LogP contribution in [0.5, 0.6) is 0 Å². The van der Waals surface area contributed by atoms with E-state index in [0.29, 0.717) is 5.39 Å². The first-order valence-electron chi connectivity index (χ1n) is 5.12. The minimum Gasteiger partial charge on any atom is -0.206 e. The lowest BCUT2D eigenvalue weighted by molar-refractivity contribution is 0.640. The van der Waals surface area contributed by atoms with Gasteiger partial charge in [0.15, 0.2) is 0 Å². The first kappa shape index (κ1) is 9.74. The van der Waals surface area contributed by atoms with Crippen molar-refractivity contribution in [2.75, 3.05) is 0 Å². The zero-order valence-corrected chi connectivity index (χ0v) is 9.73. The quantitative estimate of drug-likeness (QED) is 0.407. The molecule has 0 aliphatic carbocycles. The van der Waals surface area contributed by atoms with Crippen LogP contribution in [0, 0.1) is 5.82 Å². The van der Waals surface area contributed by atoms with Gasteiger partial charge in [0.1, 0.15) is 5.82 Å². The third-order valence-corrected chi connectivity index (χ3v) is 3.36. The van der Waals surface area contributed by atoms with Crippen molar-refractivity contribution < 1.29 is 4.39 Å². The number of benzene rings is 3. The highest BCUT2D eigenvalue weighted by Gasteiger charge is 2.03. The fraction of sp³-hybridized carbons (Fsp3) is 0. The Morgan fingerprint density at radius 1 is 0.812 bits per heavy atom. The summed E-state index contributed by atoms with van der Waals surface area (Å²) in [5.74, 6) is -0.160.